The molecule has 3 atom stereocenters. The number of allylic oxidation sites excluding steroid dienone is 2. The predicted molar refractivity (Wildman–Crippen MR) is 68.0 cm³/mol. The first-order valence-corrected chi connectivity index (χ1v) is 6.66. The Hall–Kier alpha value is -1.65. The van der Waals surface area contributed by atoms with Gasteiger partial charge in [0.2, 0.25) is 11.8 Å². The standard InChI is InChI=1S/C14H19NO4/c1-8(2)11(14(18)19)7-15-12(16)9-5-3-4-6-10(9)13(15)17/h3-4,8-11H,5-7H2,1-2H3,(H,18,19)/t9-,10+,11?. The average Bonchev–Trinajstić information content (AvgIpc) is 2.59. The number of imide groups is 1. The van der Waals surface area contributed by atoms with Crippen LogP contribution in [0.4, 0.5) is 0 Å². The van der Waals surface area contributed by atoms with E-state index in [1.165, 1.54) is 4.90 Å². The van der Waals surface area contributed by atoms with Crippen LogP contribution in [0.15, 0.2) is 12.2 Å². The van der Waals surface area contributed by atoms with Crippen molar-refractivity contribution in [2.75, 3.05) is 6.54 Å². The zero-order valence-electron chi connectivity index (χ0n) is 11.2. The maximum Gasteiger partial charge on any atom is 0.308 e. The van der Waals surface area contributed by atoms with Gasteiger partial charge in [-0.15, -0.1) is 0 Å². The van der Waals surface area contributed by atoms with Gasteiger partial charge in [0.05, 0.1) is 17.8 Å². The first-order chi connectivity index (χ1) is 8.93. The minimum absolute atomic E-state index is 0.00231. The Balaban J connectivity index is 2.15. The number of hydrogen-bond acceptors (Lipinski definition) is 3. The largest absolute Gasteiger partial charge is 0.481 e. The number of amides is 2. The summed E-state index contributed by atoms with van der Waals surface area (Å²) >= 11 is 0. The van der Waals surface area contributed by atoms with Crippen molar-refractivity contribution in [3.8, 4) is 0 Å². The molecule has 1 N–H and O–H groups in total. The van der Waals surface area contributed by atoms with Crippen LogP contribution in [0, 0.1) is 23.7 Å². The lowest BCUT2D eigenvalue weighted by Crippen LogP contribution is -2.40. The quantitative estimate of drug-likeness (QED) is 0.614. The zero-order chi connectivity index (χ0) is 14.2. The molecule has 1 aliphatic carbocycles. The number of fused-ring (bicyclic) bond motifs is 1. The van der Waals surface area contributed by atoms with E-state index in [1.807, 2.05) is 12.2 Å². The van der Waals surface area contributed by atoms with Crippen LogP contribution in [-0.4, -0.2) is 34.3 Å². The van der Waals surface area contributed by atoms with E-state index >= 15 is 0 Å². The summed E-state index contributed by atoms with van der Waals surface area (Å²) in [5.41, 5.74) is 0. The van der Waals surface area contributed by atoms with Crippen molar-refractivity contribution in [3.05, 3.63) is 12.2 Å². The lowest BCUT2D eigenvalue weighted by molar-refractivity contribution is -0.147. The summed E-state index contributed by atoms with van der Waals surface area (Å²) in [6.45, 7) is 3.58. The second-order valence-corrected chi connectivity index (χ2v) is 5.63. The maximum absolute atomic E-state index is 12.2. The van der Waals surface area contributed by atoms with Crippen LogP contribution in [0.5, 0.6) is 0 Å². The molecule has 1 saturated heterocycles. The van der Waals surface area contributed by atoms with Crippen molar-refractivity contribution in [3.63, 3.8) is 0 Å². The van der Waals surface area contributed by atoms with Gasteiger partial charge < -0.3 is 5.11 Å². The van der Waals surface area contributed by atoms with Crippen molar-refractivity contribution in [1.29, 1.82) is 0 Å². The van der Waals surface area contributed by atoms with Gasteiger partial charge in [0.25, 0.3) is 0 Å². The van der Waals surface area contributed by atoms with E-state index in [0.29, 0.717) is 12.8 Å². The highest BCUT2D eigenvalue weighted by Gasteiger charge is 2.48. The van der Waals surface area contributed by atoms with Crippen LogP contribution in [-0.2, 0) is 14.4 Å². The molecule has 5 heteroatoms. The lowest BCUT2D eigenvalue weighted by atomic mass is 9.85. The maximum atomic E-state index is 12.2. The highest BCUT2D eigenvalue weighted by Crippen LogP contribution is 2.35. The molecule has 2 amide bonds. The third-order valence-electron chi connectivity index (χ3n) is 4.10. The Kier molecular flexibility index (Phi) is 3.73. The summed E-state index contributed by atoms with van der Waals surface area (Å²) in [6, 6.07) is 0. The molecular formula is C14H19NO4. The highest BCUT2D eigenvalue weighted by atomic mass is 16.4. The molecule has 1 heterocycles. The molecule has 1 aliphatic heterocycles. The van der Waals surface area contributed by atoms with Gasteiger partial charge in [-0.2, -0.15) is 0 Å². The second kappa shape index (κ2) is 5.15. The minimum Gasteiger partial charge on any atom is -0.481 e. The minimum atomic E-state index is -0.955. The Morgan fingerprint density at radius 2 is 1.74 bits per heavy atom. The van der Waals surface area contributed by atoms with E-state index in [9.17, 15) is 19.5 Å². The SMILES string of the molecule is CC(C)C(CN1C(=O)[C@H]2CC=CC[C@H]2C1=O)C(=O)O. The van der Waals surface area contributed by atoms with Crippen molar-refractivity contribution in [2.24, 2.45) is 23.7 Å². The van der Waals surface area contributed by atoms with Crippen LogP contribution < -0.4 is 0 Å². The van der Waals surface area contributed by atoms with Crippen molar-refractivity contribution in [1.82, 2.24) is 4.90 Å². The number of likely N-dealkylation sites (tertiary alicyclic amines) is 1. The third kappa shape index (κ3) is 2.41. The number of rotatable bonds is 4. The number of aliphatic carboxylic acids is 1. The molecule has 5 nitrogen and oxygen atoms in total. The topological polar surface area (TPSA) is 74.7 Å². The molecule has 0 aromatic heterocycles. The van der Waals surface area contributed by atoms with Crippen LogP contribution in [0.3, 0.4) is 0 Å². The van der Waals surface area contributed by atoms with Crippen molar-refractivity contribution >= 4 is 17.8 Å². The summed E-state index contributed by atoms with van der Waals surface area (Å²) < 4.78 is 0. The molecule has 104 valence electrons. The molecule has 2 aliphatic rings. The van der Waals surface area contributed by atoms with E-state index < -0.39 is 11.9 Å². The fourth-order valence-corrected chi connectivity index (χ4v) is 2.82. The Morgan fingerprint density at radius 3 is 2.11 bits per heavy atom. The van der Waals surface area contributed by atoms with Gasteiger partial charge in [-0.05, 0) is 18.8 Å². The second-order valence-electron chi connectivity index (χ2n) is 5.63. The van der Waals surface area contributed by atoms with E-state index in [4.69, 9.17) is 0 Å². The van der Waals surface area contributed by atoms with Crippen molar-refractivity contribution < 1.29 is 19.5 Å². The molecule has 0 aromatic rings. The van der Waals surface area contributed by atoms with Crippen LogP contribution >= 0.6 is 0 Å². The van der Waals surface area contributed by atoms with Gasteiger partial charge in [-0.1, -0.05) is 26.0 Å². The smallest absolute Gasteiger partial charge is 0.308 e. The number of nitrogens with zero attached hydrogens (tertiary/aromatic N) is 1. The van der Waals surface area contributed by atoms with Gasteiger partial charge in [0.15, 0.2) is 0 Å². The molecule has 0 radical (unpaired) electrons. The van der Waals surface area contributed by atoms with Crippen LogP contribution in [0.25, 0.3) is 0 Å². The molecule has 2 rings (SSSR count). The van der Waals surface area contributed by atoms with Crippen LogP contribution in [0.1, 0.15) is 26.7 Å². The molecular weight excluding hydrogens is 246 g/mol. The number of carboxylic acids is 1. The van der Waals surface area contributed by atoms with E-state index in [-0.39, 0.29) is 36.1 Å². The average molecular weight is 265 g/mol. The molecule has 0 aromatic carbocycles. The van der Waals surface area contributed by atoms with E-state index in [1.54, 1.807) is 13.8 Å². The van der Waals surface area contributed by atoms with Crippen LogP contribution in [0.2, 0.25) is 0 Å². The number of carboxylic acid groups (broad SMARTS) is 1. The number of carbonyl (C=O) groups excluding carboxylic acids is 2. The summed E-state index contributed by atoms with van der Waals surface area (Å²) in [4.78, 5) is 36.8. The summed E-state index contributed by atoms with van der Waals surface area (Å²) in [7, 11) is 0. The Bertz CT molecular complexity index is 415. The Labute approximate surface area is 112 Å². The number of carbonyl (C=O) groups is 3. The van der Waals surface area contributed by atoms with E-state index in [0.717, 1.165) is 0 Å². The molecule has 0 bridgehead atoms. The Morgan fingerprint density at radius 1 is 1.26 bits per heavy atom. The van der Waals surface area contributed by atoms with Crippen molar-refractivity contribution in [2.45, 2.75) is 26.7 Å². The van der Waals surface area contributed by atoms with Gasteiger partial charge >= 0.3 is 5.97 Å². The highest BCUT2D eigenvalue weighted by molar-refractivity contribution is 6.05. The molecule has 0 spiro atoms. The molecule has 0 saturated carbocycles. The molecule has 1 unspecified atom stereocenters. The molecule has 19 heavy (non-hydrogen) atoms. The van der Waals surface area contributed by atoms with Gasteiger partial charge in [-0.25, -0.2) is 0 Å². The number of hydrogen-bond donors (Lipinski definition) is 1. The summed E-state index contributed by atoms with van der Waals surface area (Å²) in [5.74, 6) is -2.72. The van der Waals surface area contributed by atoms with E-state index in [2.05, 4.69) is 0 Å². The van der Waals surface area contributed by atoms with Gasteiger partial charge in [-0.3, -0.25) is 19.3 Å². The first kappa shape index (κ1) is 13.8. The first-order valence-electron chi connectivity index (χ1n) is 6.66. The predicted octanol–water partition coefficient (Wildman–Crippen LogP) is 1.29. The summed E-state index contributed by atoms with van der Waals surface area (Å²) in [6.07, 6.45) is 5.02. The van der Waals surface area contributed by atoms with Gasteiger partial charge in [0.1, 0.15) is 0 Å². The monoisotopic (exact) mass is 265 g/mol. The fourth-order valence-electron chi connectivity index (χ4n) is 2.82. The zero-order valence-corrected chi connectivity index (χ0v) is 11.2. The lowest BCUT2D eigenvalue weighted by Gasteiger charge is -2.22. The van der Waals surface area contributed by atoms with Gasteiger partial charge in [0, 0.05) is 6.54 Å². The summed E-state index contributed by atoms with van der Waals surface area (Å²) in [5, 5.41) is 9.17. The fraction of sp³-hybridized carbons (Fsp3) is 0.643. The molecule has 1 fully saturated rings. The third-order valence-corrected chi connectivity index (χ3v) is 4.10. The normalized spacial score (nSPS) is 27.8.